The summed E-state index contributed by atoms with van der Waals surface area (Å²) in [4.78, 5) is 17.0. The van der Waals surface area contributed by atoms with Crippen LogP contribution in [0.5, 0.6) is 0 Å². The second-order valence-electron chi connectivity index (χ2n) is 7.58. The number of rotatable bonds is 7. The van der Waals surface area contributed by atoms with Crippen LogP contribution in [0.2, 0.25) is 0 Å². The van der Waals surface area contributed by atoms with E-state index in [2.05, 4.69) is 39.5 Å². The summed E-state index contributed by atoms with van der Waals surface area (Å²) >= 11 is 0. The predicted octanol–water partition coefficient (Wildman–Crippen LogP) is 2.04. The van der Waals surface area contributed by atoms with E-state index in [1.54, 1.807) is 0 Å². The lowest BCUT2D eigenvalue weighted by Crippen LogP contribution is -2.48. The first-order chi connectivity index (χ1) is 9.83. The molecule has 1 heterocycles. The number of amides is 1. The Morgan fingerprint density at radius 3 is 2.29 bits per heavy atom. The summed E-state index contributed by atoms with van der Waals surface area (Å²) in [7, 11) is 0. The molecule has 1 fully saturated rings. The summed E-state index contributed by atoms with van der Waals surface area (Å²) < 4.78 is 0. The normalized spacial score (nSPS) is 23.8. The molecular weight excluding hydrogens is 262 g/mol. The molecule has 1 rings (SSSR count). The van der Waals surface area contributed by atoms with Crippen molar-refractivity contribution in [1.29, 1.82) is 0 Å². The molecule has 0 aromatic heterocycles. The molecule has 0 saturated carbocycles. The Bertz CT molecular complexity index is 307. The molecule has 0 aromatic carbocycles. The van der Waals surface area contributed by atoms with E-state index in [0.717, 1.165) is 39.1 Å². The van der Waals surface area contributed by atoms with E-state index in [1.807, 2.05) is 4.90 Å². The van der Waals surface area contributed by atoms with Crippen molar-refractivity contribution < 1.29 is 4.79 Å². The predicted molar refractivity (Wildman–Crippen MR) is 89.0 cm³/mol. The number of piperidine rings is 1. The minimum atomic E-state index is 0.280. The number of nitrogens with zero attached hydrogens (tertiary/aromatic N) is 2. The van der Waals surface area contributed by atoms with Crippen LogP contribution in [0.25, 0.3) is 0 Å². The van der Waals surface area contributed by atoms with Crippen molar-refractivity contribution in [3.63, 3.8) is 0 Å². The van der Waals surface area contributed by atoms with Crippen molar-refractivity contribution >= 4 is 5.91 Å². The van der Waals surface area contributed by atoms with Crippen molar-refractivity contribution in [1.82, 2.24) is 9.80 Å². The molecule has 0 aliphatic carbocycles. The van der Waals surface area contributed by atoms with Crippen LogP contribution in [0.1, 0.15) is 41.0 Å². The number of carbonyl (C=O) groups is 1. The molecule has 1 amide bonds. The van der Waals surface area contributed by atoms with Gasteiger partial charge in [0.05, 0.1) is 6.54 Å². The van der Waals surface area contributed by atoms with Gasteiger partial charge in [-0.1, -0.05) is 34.6 Å². The zero-order valence-electron chi connectivity index (χ0n) is 14.6. The van der Waals surface area contributed by atoms with Crippen molar-refractivity contribution in [2.45, 2.75) is 41.0 Å². The molecule has 0 spiro atoms. The summed E-state index contributed by atoms with van der Waals surface area (Å²) in [5.74, 6) is 2.54. The van der Waals surface area contributed by atoms with E-state index in [1.165, 1.54) is 0 Å². The van der Waals surface area contributed by atoms with Gasteiger partial charge in [-0.25, -0.2) is 0 Å². The molecule has 4 heteroatoms. The molecule has 0 bridgehead atoms. The van der Waals surface area contributed by atoms with Crippen molar-refractivity contribution in [3.8, 4) is 0 Å². The third-order valence-corrected chi connectivity index (χ3v) is 4.38. The van der Waals surface area contributed by atoms with Crippen molar-refractivity contribution in [2.75, 3.05) is 39.3 Å². The summed E-state index contributed by atoms with van der Waals surface area (Å²) in [5, 5.41) is 0. The quantitative estimate of drug-likeness (QED) is 0.782. The molecule has 0 aromatic rings. The average Bonchev–Trinajstić information content (AvgIpc) is 2.39. The largest absolute Gasteiger partial charge is 0.341 e. The SMILES string of the molecule is CC(C)CN(CC(C)C)C(=O)CN1CCC(C)C(CN)C1. The molecule has 21 heavy (non-hydrogen) atoms. The number of carbonyl (C=O) groups excluding carboxylic acids is 1. The highest BCUT2D eigenvalue weighted by atomic mass is 16.2. The molecule has 4 nitrogen and oxygen atoms in total. The minimum Gasteiger partial charge on any atom is -0.341 e. The standard InChI is InChI=1S/C17H35N3O/c1-13(2)9-20(10-14(3)4)17(21)12-19-7-6-15(5)16(8-18)11-19/h13-16H,6-12,18H2,1-5H3. The number of nitrogens with two attached hydrogens (primary N) is 1. The zero-order valence-corrected chi connectivity index (χ0v) is 14.6. The molecular formula is C17H35N3O. The lowest BCUT2D eigenvalue weighted by Gasteiger charge is -2.37. The number of hydrogen-bond acceptors (Lipinski definition) is 3. The van der Waals surface area contributed by atoms with Crippen LogP contribution in [0.15, 0.2) is 0 Å². The fourth-order valence-electron chi connectivity index (χ4n) is 3.13. The maximum atomic E-state index is 12.6. The molecule has 0 radical (unpaired) electrons. The molecule has 2 unspecified atom stereocenters. The van der Waals surface area contributed by atoms with Gasteiger partial charge < -0.3 is 10.6 Å². The topological polar surface area (TPSA) is 49.6 Å². The Morgan fingerprint density at radius 2 is 1.81 bits per heavy atom. The van der Waals surface area contributed by atoms with Gasteiger partial charge in [-0.3, -0.25) is 9.69 Å². The molecule has 124 valence electrons. The molecule has 1 aliphatic rings. The smallest absolute Gasteiger partial charge is 0.236 e. The fraction of sp³-hybridized carbons (Fsp3) is 0.941. The highest BCUT2D eigenvalue weighted by Gasteiger charge is 2.27. The molecule has 2 atom stereocenters. The monoisotopic (exact) mass is 297 g/mol. The highest BCUT2D eigenvalue weighted by molar-refractivity contribution is 5.78. The van der Waals surface area contributed by atoms with Gasteiger partial charge in [0.25, 0.3) is 0 Å². The number of likely N-dealkylation sites (tertiary alicyclic amines) is 1. The third kappa shape index (κ3) is 6.35. The molecule has 1 saturated heterocycles. The number of hydrogen-bond donors (Lipinski definition) is 1. The maximum absolute atomic E-state index is 12.6. The summed E-state index contributed by atoms with van der Waals surface area (Å²) in [6, 6.07) is 0. The molecule has 2 N–H and O–H groups in total. The van der Waals surface area contributed by atoms with E-state index in [4.69, 9.17) is 5.73 Å². The minimum absolute atomic E-state index is 0.280. The summed E-state index contributed by atoms with van der Waals surface area (Å²) in [6.45, 7) is 16.0. The first-order valence-corrected chi connectivity index (χ1v) is 8.53. The van der Waals surface area contributed by atoms with Gasteiger partial charge in [-0.15, -0.1) is 0 Å². The highest BCUT2D eigenvalue weighted by Crippen LogP contribution is 2.22. The Hall–Kier alpha value is -0.610. The maximum Gasteiger partial charge on any atom is 0.236 e. The van der Waals surface area contributed by atoms with Crippen LogP contribution >= 0.6 is 0 Å². The van der Waals surface area contributed by atoms with E-state index in [-0.39, 0.29) is 5.91 Å². The lowest BCUT2D eigenvalue weighted by molar-refractivity contribution is -0.134. The Kier molecular flexibility index (Phi) is 7.67. The van der Waals surface area contributed by atoms with Gasteiger partial charge in [0.15, 0.2) is 0 Å². The summed E-state index contributed by atoms with van der Waals surface area (Å²) in [6.07, 6.45) is 1.16. The first kappa shape index (κ1) is 18.4. The van der Waals surface area contributed by atoms with Gasteiger partial charge in [0, 0.05) is 19.6 Å². The Labute approximate surface area is 131 Å². The zero-order chi connectivity index (χ0) is 16.0. The van der Waals surface area contributed by atoms with Gasteiger partial charge in [-0.05, 0) is 43.2 Å². The Balaban J connectivity index is 2.55. The van der Waals surface area contributed by atoms with Crippen molar-refractivity contribution in [2.24, 2.45) is 29.4 Å². The Morgan fingerprint density at radius 1 is 1.24 bits per heavy atom. The van der Waals surface area contributed by atoms with Gasteiger partial charge in [-0.2, -0.15) is 0 Å². The van der Waals surface area contributed by atoms with E-state index >= 15 is 0 Å². The van der Waals surface area contributed by atoms with E-state index < -0.39 is 0 Å². The fourth-order valence-corrected chi connectivity index (χ4v) is 3.13. The van der Waals surface area contributed by atoms with Gasteiger partial charge in [0.1, 0.15) is 0 Å². The lowest BCUT2D eigenvalue weighted by atomic mass is 9.87. The molecule has 1 aliphatic heterocycles. The van der Waals surface area contributed by atoms with Gasteiger partial charge in [0.2, 0.25) is 5.91 Å². The van der Waals surface area contributed by atoms with E-state index in [9.17, 15) is 4.79 Å². The van der Waals surface area contributed by atoms with Crippen LogP contribution in [0.3, 0.4) is 0 Å². The van der Waals surface area contributed by atoms with Crippen LogP contribution in [0.4, 0.5) is 0 Å². The van der Waals surface area contributed by atoms with Crippen LogP contribution in [-0.2, 0) is 4.79 Å². The van der Waals surface area contributed by atoms with Gasteiger partial charge >= 0.3 is 0 Å². The second-order valence-corrected chi connectivity index (χ2v) is 7.58. The summed E-state index contributed by atoms with van der Waals surface area (Å²) in [5.41, 5.74) is 5.86. The van der Waals surface area contributed by atoms with Crippen LogP contribution < -0.4 is 5.73 Å². The van der Waals surface area contributed by atoms with Crippen LogP contribution in [-0.4, -0.2) is 55.0 Å². The first-order valence-electron chi connectivity index (χ1n) is 8.53. The third-order valence-electron chi connectivity index (χ3n) is 4.38. The van der Waals surface area contributed by atoms with Crippen molar-refractivity contribution in [3.05, 3.63) is 0 Å². The van der Waals surface area contributed by atoms with E-state index in [0.29, 0.717) is 30.2 Å². The average molecular weight is 297 g/mol. The van der Waals surface area contributed by atoms with Crippen LogP contribution in [0, 0.1) is 23.7 Å². The second kappa shape index (κ2) is 8.74.